The first kappa shape index (κ1) is 24.7. The third-order valence-corrected chi connectivity index (χ3v) is 7.11. The number of hydrogen-bond donors (Lipinski definition) is 2. The number of phenolic OH excluding ortho intramolecular Hbond substituents is 1. The zero-order chi connectivity index (χ0) is 24.4. The second-order valence-corrected chi connectivity index (χ2v) is 9.53. The van der Waals surface area contributed by atoms with Crippen molar-refractivity contribution in [1.29, 1.82) is 0 Å². The van der Waals surface area contributed by atoms with Crippen LogP contribution >= 0.6 is 0 Å². The van der Waals surface area contributed by atoms with Crippen LogP contribution in [0, 0.1) is 5.92 Å². The first-order chi connectivity index (χ1) is 15.4. The quantitative estimate of drug-likeness (QED) is 0.613. The highest BCUT2D eigenvalue weighted by Crippen LogP contribution is 2.34. The Morgan fingerprint density at radius 1 is 1.06 bits per heavy atom. The van der Waals surface area contributed by atoms with E-state index in [1.807, 2.05) is 4.72 Å². The standard InChI is InChI=1S/C22H23F3N2O5S/c1-14(26-33(31,32)19-5-3-2-4-18(19)22(23,24)25)21(30)27-12-10-16(11-13-27)20(29)15-6-8-17(28)9-7-15/h2-9,14,16,26,28H,10-13H2,1H3/t14-/m1/s1. The van der Waals surface area contributed by atoms with Crippen molar-refractivity contribution in [1.82, 2.24) is 9.62 Å². The number of nitrogens with one attached hydrogen (secondary N) is 1. The Labute approximate surface area is 189 Å². The number of phenols is 1. The molecule has 0 saturated carbocycles. The number of Topliss-reactive ketones (excluding diaryl/α,β-unsaturated/α-hetero) is 1. The van der Waals surface area contributed by atoms with Gasteiger partial charge >= 0.3 is 6.18 Å². The first-order valence-electron chi connectivity index (χ1n) is 10.2. The lowest BCUT2D eigenvalue weighted by atomic mass is 9.88. The van der Waals surface area contributed by atoms with E-state index in [4.69, 9.17) is 0 Å². The molecule has 0 spiro atoms. The maximum Gasteiger partial charge on any atom is 0.417 e. The van der Waals surface area contributed by atoms with Crippen molar-refractivity contribution in [3.8, 4) is 5.75 Å². The molecule has 1 aliphatic heterocycles. The topological polar surface area (TPSA) is 104 Å². The summed E-state index contributed by atoms with van der Waals surface area (Å²) in [5, 5.41) is 9.34. The number of carbonyl (C=O) groups is 2. The summed E-state index contributed by atoms with van der Waals surface area (Å²) in [7, 11) is -4.61. The van der Waals surface area contributed by atoms with Crippen LogP contribution in [0.5, 0.6) is 5.75 Å². The molecule has 0 unspecified atom stereocenters. The Kier molecular flexibility index (Phi) is 7.13. The van der Waals surface area contributed by atoms with Crippen molar-refractivity contribution >= 4 is 21.7 Å². The number of benzene rings is 2. The van der Waals surface area contributed by atoms with Crippen molar-refractivity contribution in [2.45, 2.75) is 36.9 Å². The molecule has 0 aromatic heterocycles. The van der Waals surface area contributed by atoms with Crippen LogP contribution in [0.4, 0.5) is 13.2 Å². The van der Waals surface area contributed by atoms with Crippen LogP contribution in [-0.2, 0) is 21.0 Å². The van der Waals surface area contributed by atoms with Gasteiger partial charge in [-0.25, -0.2) is 8.42 Å². The second kappa shape index (κ2) is 9.52. The van der Waals surface area contributed by atoms with E-state index in [0.717, 1.165) is 12.1 Å². The van der Waals surface area contributed by atoms with Gasteiger partial charge in [-0.2, -0.15) is 17.9 Å². The van der Waals surface area contributed by atoms with Crippen LogP contribution < -0.4 is 4.72 Å². The number of hydrogen-bond acceptors (Lipinski definition) is 5. The van der Waals surface area contributed by atoms with Crippen LogP contribution in [0.15, 0.2) is 53.4 Å². The normalized spacial score (nSPS) is 16.4. The predicted molar refractivity (Wildman–Crippen MR) is 113 cm³/mol. The zero-order valence-corrected chi connectivity index (χ0v) is 18.5. The number of nitrogens with zero attached hydrogens (tertiary/aromatic N) is 1. The molecule has 1 amide bonds. The Morgan fingerprint density at radius 2 is 1.64 bits per heavy atom. The minimum atomic E-state index is -4.87. The van der Waals surface area contributed by atoms with Gasteiger partial charge in [-0.15, -0.1) is 0 Å². The largest absolute Gasteiger partial charge is 0.508 e. The molecule has 2 aromatic rings. The Balaban J connectivity index is 1.63. The van der Waals surface area contributed by atoms with Gasteiger partial charge in [-0.3, -0.25) is 9.59 Å². The van der Waals surface area contributed by atoms with Gasteiger partial charge in [-0.1, -0.05) is 12.1 Å². The van der Waals surface area contributed by atoms with Gasteiger partial charge in [0, 0.05) is 24.6 Å². The molecular formula is C22H23F3N2O5S. The maximum atomic E-state index is 13.2. The number of aromatic hydroxyl groups is 1. The third kappa shape index (κ3) is 5.72. The van der Waals surface area contributed by atoms with Crippen molar-refractivity contribution in [3.05, 3.63) is 59.7 Å². The number of carbonyl (C=O) groups excluding carboxylic acids is 2. The number of sulfonamides is 1. The lowest BCUT2D eigenvalue weighted by Gasteiger charge is -2.33. The fourth-order valence-corrected chi connectivity index (χ4v) is 5.20. The minimum Gasteiger partial charge on any atom is -0.508 e. The van der Waals surface area contributed by atoms with Gasteiger partial charge in [0.2, 0.25) is 15.9 Å². The summed E-state index contributed by atoms with van der Waals surface area (Å²) in [6.07, 6.45) is -4.14. The lowest BCUT2D eigenvalue weighted by molar-refractivity contribution is -0.139. The molecular weight excluding hydrogens is 461 g/mol. The second-order valence-electron chi connectivity index (χ2n) is 7.85. The molecule has 1 aliphatic rings. The molecule has 3 rings (SSSR count). The number of halogens is 3. The summed E-state index contributed by atoms with van der Waals surface area (Å²) in [6.45, 7) is 1.68. The fourth-order valence-electron chi connectivity index (χ4n) is 3.78. The van der Waals surface area contributed by atoms with Gasteiger partial charge in [0.1, 0.15) is 5.75 Å². The molecule has 0 bridgehead atoms. The van der Waals surface area contributed by atoms with Gasteiger partial charge in [-0.05, 0) is 56.2 Å². The van der Waals surface area contributed by atoms with Crippen LogP contribution in [0.3, 0.4) is 0 Å². The Morgan fingerprint density at radius 3 is 2.21 bits per heavy atom. The highest BCUT2D eigenvalue weighted by molar-refractivity contribution is 7.89. The molecule has 1 atom stereocenters. The number of amides is 1. The van der Waals surface area contributed by atoms with Crippen molar-refractivity contribution in [2.75, 3.05) is 13.1 Å². The van der Waals surface area contributed by atoms with Crippen LogP contribution in [0.2, 0.25) is 0 Å². The highest BCUT2D eigenvalue weighted by Gasteiger charge is 2.38. The zero-order valence-electron chi connectivity index (χ0n) is 17.7. The Bertz CT molecular complexity index is 1130. The van der Waals surface area contributed by atoms with E-state index < -0.39 is 38.6 Å². The summed E-state index contributed by atoms with van der Waals surface area (Å²) >= 11 is 0. The van der Waals surface area contributed by atoms with Crippen molar-refractivity contribution < 1.29 is 36.3 Å². The smallest absolute Gasteiger partial charge is 0.417 e. The molecule has 2 aromatic carbocycles. The molecule has 33 heavy (non-hydrogen) atoms. The molecule has 1 fully saturated rings. The summed E-state index contributed by atoms with van der Waals surface area (Å²) < 4.78 is 66.8. The van der Waals surface area contributed by atoms with E-state index in [9.17, 15) is 36.3 Å². The van der Waals surface area contributed by atoms with Crippen molar-refractivity contribution in [2.24, 2.45) is 5.92 Å². The van der Waals surface area contributed by atoms with Gasteiger partial charge < -0.3 is 10.0 Å². The van der Waals surface area contributed by atoms with Gasteiger partial charge in [0.25, 0.3) is 0 Å². The maximum absolute atomic E-state index is 13.2. The summed E-state index contributed by atoms with van der Waals surface area (Å²) in [5.41, 5.74) is -0.868. The van der Waals surface area contributed by atoms with Crippen LogP contribution in [0.25, 0.3) is 0 Å². The highest BCUT2D eigenvalue weighted by atomic mass is 32.2. The summed E-state index contributed by atoms with van der Waals surface area (Å²) in [6, 6.07) is 8.33. The predicted octanol–water partition coefficient (Wildman–Crippen LogP) is 3.20. The minimum absolute atomic E-state index is 0.0428. The number of ketones is 1. The van der Waals surface area contributed by atoms with Crippen molar-refractivity contribution in [3.63, 3.8) is 0 Å². The number of alkyl halides is 3. The number of rotatable bonds is 6. The van der Waals surface area contributed by atoms with Gasteiger partial charge in [0.05, 0.1) is 16.5 Å². The molecule has 1 saturated heterocycles. The first-order valence-corrected chi connectivity index (χ1v) is 11.7. The van der Waals surface area contributed by atoms with E-state index >= 15 is 0 Å². The molecule has 0 aliphatic carbocycles. The Hall–Kier alpha value is -2.92. The van der Waals surface area contributed by atoms with E-state index in [2.05, 4.69) is 0 Å². The molecule has 11 heteroatoms. The average molecular weight is 484 g/mol. The van der Waals surface area contributed by atoms with E-state index in [1.165, 1.54) is 42.2 Å². The van der Waals surface area contributed by atoms with Gasteiger partial charge in [0.15, 0.2) is 5.78 Å². The lowest BCUT2D eigenvalue weighted by Crippen LogP contribution is -2.50. The summed E-state index contributed by atoms with van der Waals surface area (Å²) in [5.74, 6) is -0.983. The summed E-state index contributed by atoms with van der Waals surface area (Å²) in [4.78, 5) is 25.8. The molecule has 0 radical (unpaired) electrons. The fraction of sp³-hybridized carbons (Fsp3) is 0.364. The molecule has 178 valence electrons. The third-order valence-electron chi connectivity index (χ3n) is 5.51. The van der Waals surface area contributed by atoms with E-state index in [0.29, 0.717) is 24.5 Å². The number of likely N-dealkylation sites (tertiary alicyclic amines) is 1. The monoisotopic (exact) mass is 484 g/mol. The van der Waals surface area contributed by atoms with E-state index in [1.54, 1.807) is 0 Å². The van der Waals surface area contributed by atoms with E-state index in [-0.39, 0.29) is 30.5 Å². The average Bonchev–Trinajstić information content (AvgIpc) is 2.78. The number of piperidine rings is 1. The van der Waals surface area contributed by atoms with Crippen LogP contribution in [0.1, 0.15) is 35.7 Å². The molecule has 2 N–H and O–H groups in total. The molecule has 1 heterocycles. The molecule has 7 nitrogen and oxygen atoms in total. The van der Waals surface area contributed by atoms with Crippen LogP contribution in [-0.4, -0.2) is 49.2 Å². The SMILES string of the molecule is C[C@@H](NS(=O)(=O)c1ccccc1C(F)(F)F)C(=O)N1CCC(C(=O)c2ccc(O)cc2)CC1.